The van der Waals surface area contributed by atoms with Gasteiger partial charge in [0.15, 0.2) is 21.3 Å². The molecule has 0 radical (unpaired) electrons. The van der Waals surface area contributed by atoms with Crippen molar-refractivity contribution < 1.29 is 22.7 Å². The van der Waals surface area contributed by atoms with Crippen molar-refractivity contribution in [2.75, 3.05) is 11.6 Å². The Morgan fingerprint density at radius 2 is 1.71 bits per heavy atom. The zero-order chi connectivity index (χ0) is 17.3. The molecule has 3 rings (SSSR count). The van der Waals surface area contributed by atoms with Gasteiger partial charge in [-0.1, -0.05) is 18.2 Å². The Bertz CT molecular complexity index is 878. The maximum absolute atomic E-state index is 12.5. The first-order chi connectivity index (χ1) is 11.3. The molecule has 0 fully saturated rings. The molecule has 0 bridgehead atoms. The summed E-state index contributed by atoms with van der Waals surface area (Å²) in [6.07, 6.45) is -0.190. The number of para-hydroxylation sites is 2. The Kier molecular flexibility index (Phi) is 4.19. The Morgan fingerprint density at radius 3 is 2.38 bits per heavy atom. The quantitative estimate of drug-likeness (QED) is 0.921. The number of benzene rings is 2. The Labute approximate surface area is 140 Å². The molecule has 24 heavy (non-hydrogen) atoms. The number of fused-ring (bicyclic) bond motifs is 1. The number of hydrogen-bond acceptors (Lipinski definition) is 5. The largest absolute Gasteiger partial charge is 0.482 e. The number of rotatable bonds is 3. The number of nitrogens with one attached hydrogen (secondary N) is 1. The second-order valence-corrected chi connectivity index (χ2v) is 7.61. The van der Waals surface area contributed by atoms with E-state index in [1.54, 1.807) is 37.3 Å². The van der Waals surface area contributed by atoms with Crippen LogP contribution in [0.1, 0.15) is 6.92 Å². The summed E-state index contributed by atoms with van der Waals surface area (Å²) >= 11 is 0. The zero-order valence-electron chi connectivity index (χ0n) is 13.2. The highest BCUT2D eigenvalue weighted by Gasteiger charge is 2.34. The van der Waals surface area contributed by atoms with Gasteiger partial charge in [0, 0.05) is 11.9 Å². The lowest BCUT2D eigenvalue weighted by molar-refractivity contribution is -0.128. The molecule has 2 aromatic carbocycles. The van der Waals surface area contributed by atoms with Gasteiger partial charge in [0.25, 0.3) is 5.91 Å². The molecule has 0 aliphatic carbocycles. The third-order valence-corrected chi connectivity index (χ3v) is 4.74. The van der Waals surface area contributed by atoms with Crippen LogP contribution in [0.15, 0.2) is 53.4 Å². The molecule has 6 nitrogen and oxygen atoms in total. The van der Waals surface area contributed by atoms with Crippen LogP contribution in [0.4, 0.5) is 5.69 Å². The van der Waals surface area contributed by atoms with Crippen molar-refractivity contribution in [3.05, 3.63) is 48.5 Å². The van der Waals surface area contributed by atoms with E-state index in [-0.39, 0.29) is 4.90 Å². The van der Waals surface area contributed by atoms with Crippen LogP contribution in [0, 0.1) is 0 Å². The molecule has 0 aromatic heterocycles. The molecule has 7 heteroatoms. The van der Waals surface area contributed by atoms with E-state index in [1.165, 1.54) is 12.1 Å². The van der Waals surface area contributed by atoms with E-state index in [1.807, 2.05) is 6.07 Å². The van der Waals surface area contributed by atoms with Gasteiger partial charge in [-0.3, -0.25) is 4.79 Å². The predicted molar refractivity (Wildman–Crippen MR) is 89.1 cm³/mol. The van der Waals surface area contributed by atoms with E-state index < -0.39 is 28.0 Å². The van der Waals surface area contributed by atoms with Gasteiger partial charge in [0.2, 0.25) is 6.10 Å². The molecular weight excluding hydrogens is 330 g/mol. The lowest BCUT2D eigenvalue weighted by Gasteiger charge is -2.31. The fourth-order valence-electron chi connectivity index (χ4n) is 2.42. The summed E-state index contributed by atoms with van der Waals surface area (Å²) in [4.78, 5) is 12.6. The van der Waals surface area contributed by atoms with Gasteiger partial charge in [0.1, 0.15) is 6.10 Å². The van der Waals surface area contributed by atoms with Crippen LogP contribution in [0.3, 0.4) is 0 Å². The summed E-state index contributed by atoms with van der Waals surface area (Å²) in [6.45, 7) is 1.74. The molecule has 0 saturated carbocycles. The highest BCUT2D eigenvalue weighted by Crippen LogP contribution is 2.33. The zero-order valence-corrected chi connectivity index (χ0v) is 14.0. The van der Waals surface area contributed by atoms with E-state index in [2.05, 4.69) is 5.32 Å². The van der Waals surface area contributed by atoms with Gasteiger partial charge in [-0.25, -0.2) is 8.42 Å². The molecule has 2 atom stereocenters. The lowest BCUT2D eigenvalue weighted by Crippen LogP contribution is -2.46. The van der Waals surface area contributed by atoms with Gasteiger partial charge in [-0.05, 0) is 37.3 Å². The van der Waals surface area contributed by atoms with Crippen molar-refractivity contribution in [2.45, 2.75) is 24.0 Å². The number of hydrogen-bond donors (Lipinski definition) is 1. The van der Waals surface area contributed by atoms with Crippen LogP contribution in [0.2, 0.25) is 0 Å². The van der Waals surface area contributed by atoms with Crippen molar-refractivity contribution >= 4 is 21.4 Å². The fraction of sp³-hybridized carbons (Fsp3) is 0.235. The lowest BCUT2D eigenvalue weighted by atomic mass is 10.1. The average molecular weight is 347 g/mol. The van der Waals surface area contributed by atoms with E-state index in [0.717, 1.165) is 6.26 Å². The molecule has 2 aromatic rings. The third kappa shape index (κ3) is 3.35. The van der Waals surface area contributed by atoms with Crippen molar-refractivity contribution in [3.8, 4) is 11.5 Å². The SMILES string of the molecule is C[C@H]1Oc2ccccc2O[C@H]1C(=O)Nc1cccc(S(C)(=O)=O)c1. The first kappa shape index (κ1) is 16.3. The average Bonchev–Trinajstić information content (AvgIpc) is 2.53. The summed E-state index contributed by atoms with van der Waals surface area (Å²) in [6, 6.07) is 13.2. The molecule has 0 saturated heterocycles. The van der Waals surface area contributed by atoms with Gasteiger partial charge in [-0.2, -0.15) is 0 Å². The Morgan fingerprint density at radius 1 is 1.04 bits per heavy atom. The van der Waals surface area contributed by atoms with E-state index in [0.29, 0.717) is 17.2 Å². The third-order valence-electron chi connectivity index (χ3n) is 3.63. The predicted octanol–water partition coefficient (Wildman–Crippen LogP) is 2.26. The number of ether oxygens (including phenoxy) is 2. The molecule has 1 heterocycles. The van der Waals surface area contributed by atoms with E-state index in [9.17, 15) is 13.2 Å². The van der Waals surface area contributed by atoms with E-state index in [4.69, 9.17) is 9.47 Å². The van der Waals surface area contributed by atoms with Gasteiger partial charge >= 0.3 is 0 Å². The molecule has 126 valence electrons. The van der Waals surface area contributed by atoms with Crippen LogP contribution in [-0.4, -0.2) is 32.8 Å². The number of carbonyl (C=O) groups excluding carboxylic acids is 1. The van der Waals surface area contributed by atoms with Crippen LogP contribution >= 0.6 is 0 Å². The van der Waals surface area contributed by atoms with Gasteiger partial charge < -0.3 is 14.8 Å². The number of sulfone groups is 1. The highest BCUT2D eigenvalue weighted by molar-refractivity contribution is 7.90. The summed E-state index contributed by atoms with van der Waals surface area (Å²) in [5.74, 6) is 0.691. The standard InChI is InChI=1S/C17H17NO5S/c1-11-16(23-15-9-4-3-8-14(15)22-11)17(19)18-12-6-5-7-13(10-12)24(2,20)21/h3-11,16H,1-2H3,(H,18,19)/t11-,16-/m1/s1. The molecular formula is C17H17NO5S. The fourth-order valence-corrected chi connectivity index (χ4v) is 3.09. The summed E-state index contributed by atoms with van der Waals surface area (Å²) in [5, 5.41) is 2.68. The second-order valence-electron chi connectivity index (χ2n) is 5.60. The molecule has 1 N–H and O–H groups in total. The number of carbonyl (C=O) groups is 1. The first-order valence-corrected chi connectivity index (χ1v) is 9.27. The Hall–Kier alpha value is -2.54. The van der Waals surface area contributed by atoms with Crippen molar-refractivity contribution in [2.24, 2.45) is 0 Å². The smallest absolute Gasteiger partial charge is 0.269 e. The number of anilines is 1. The maximum Gasteiger partial charge on any atom is 0.269 e. The normalized spacial score (nSPS) is 19.6. The van der Waals surface area contributed by atoms with Crippen molar-refractivity contribution in [1.29, 1.82) is 0 Å². The van der Waals surface area contributed by atoms with Gasteiger partial charge in [-0.15, -0.1) is 0 Å². The monoisotopic (exact) mass is 347 g/mol. The highest BCUT2D eigenvalue weighted by atomic mass is 32.2. The minimum atomic E-state index is -3.34. The maximum atomic E-state index is 12.5. The summed E-state index contributed by atoms with van der Waals surface area (Å²) in [7, 11) is -3.34. The number of amides is 1. The molecule has 0 spiro atoms. The summed E-state index contributed by atoms with van der Waals surface area (Å²) < 4.78 is 34.6. The van der Waals surface area contributed by atoms with Crippen LogP contribution in [0.25, 0.3) is 0 Å². The van der Waals surface area contributed by atoms with Crippen LogP contribution in [-0.2, 0) is 14.6 Å². The molecule has 1 aliphatic heterocycles. The van der Waals surface area contributed by atoms with Crippen molar-refractivity contribution in [3.63, 3.8) is 0 Å². The molecule has 0 unspecified atom stereocenters. The minimum absolute atomic E-state index is 0.138. The summed E-state index contributed by atoms with van der Waals surface area (Å²) in [5.41, 5.74) is 0.387. The van der Waals surface area contributed by atoms with Crippen LogP contribution < -0.4 is 14.8 Å². The van der Waals surface area contributed by atoms with Crippen molar-refractivity contribution in [1.82, 2.24) is 0 Å². The minimum Gasteiger partial charge on any atom is -0.482 e. The first-order valence-electron chi connectivity index (χ1n) is 7.38. The topological polar surface area (TPSA) is 81.7 Å². The van der Waals surface area contributed by atoms with Crippen LogP contribution in [0.5, 0.6) is 11.5 Å². The van der Waals surface area contributed by atoms with E-state index >= 15 is 0 Å². The second kappa shape index (κ2) is 6.16. The Balaban J connectivity index is 1.78. The molecule has 1 amide bonds. The molecule has 1 aliphatic rings. The van der Waals surface area contributed by atoms with Gasteiger partial charge in [0.05, 0.1) is 4.90 Å².